The molecule has 0 unspecified atom stereocenters. The van der Waals surface area contributed by atoms with Crippen LogP contribution in [0.5, 0.6) is 5.75 Å². The first-order chi connectivity index (χ1) is 13.1. The second kappa shape index (κ2) is 6.83. The van der Waals surface area contributed by atoms with Crippen LogP contribution in [-0.4, -0.2) is 31.2 Å². The van der Waals surface area contributed by atoms with E-state index in [9.17, 15) is 8.78 Å². The van der Waals surface area contributed by atoms with Crippen molar-refractivity contribution in [1.82, 2.24) is 24.6 Å². The van der Waals surface area contributed by atoms with E-state index in [2.05, 4.69) is 30.1 Å². The lowest BCUT2D eigenvalue weighted by Crippen LogP contribution is -2.01. The van der Waals surface area contributed by atoms with Gasteiger partial charge in [0, 0.05) is 29.8 Å². The maximum absolute atomic E-state index is 12.2. The number of fused-ring (bicyclic) bond motifs is 1. The Morgan fingerprint density at radius 3 is 2.59 bits per heavy atom. The summed E-state index contributed by atoms with van der Waals surface area (Å²) in [5.74, 6) is 0.810. The minimum atomic E-state index is -2.86. The molecule has 3 N–H and O–H groups in total. The molecule has 0 saturated carbocycles. The number of nitrogens with two attached hydrogens (primary N) is 1. The monoisotopic (exact) mass is 369 g/mol. The number of ether oxygens (including phenoxy) is 1. The number of rotatable bonds is 5. The summed E-state index contributed by atoms with van der Waals surface area (Å²) in [4.78, 5) is 12.9. The highest BCUT2D eigenvalue weighted by Gasteiger charge is 2.12. The van der Waals surface area contributed by atoms with Crippen LogP contribution in [-0.2, 0) is 0 Å². The predicted molar refractivity (Wildman–Crippen MR) is 94.8 cm³/mol. The van der Waals surface area contributed by atoms with Gasteiger partial charge in [0.05, 0.1) is 0 Å². The molecule has 0 atom stereocenters. The Morgan fingerprint density at radius 2 is 1.89 bits per heavy atom. The lowest BCUT2D eigenvalue weighted by Gasteiger charge is -2.05. The molecule has 0 amide bonds. The number of hydrogen-bond acceptors (Lipinski definition) is 7. The molecule has 136 valence electrons. The van der Waals surface area contributed by atoms with Gasteiger partial charge in [0.2, 0.25) is 5.95 Å². The van der Waals surface area contributed by atoms with Gasteiger partial charge >= 0.3 is 6.61 Å². The van der Waals surface area contributed by atoms with Crippen molar-refractivity contribution in [3.05, 3.63) is 55.0 Å². The number of alkyl halides is 2. The van der Waals surface area contributed by atoms with Gasteiger partial charge in [-0.1, -0.05) is 0 Å². The van der Waals surface area contributed by atoms with Gasteiger partial charge in [-0.15, -0.1) is 5.10 Å². The van der Waals surface area contributed by atoms with Crippen LogP contribution in [0.4, 0.5) is 26.2 Å². The lowest BCUT2D eigenvalue weighted by atomic mass is 10.2. The molecule has 10 heteroatoms. The molecule has 0 aliphatic heterocycles. The molecule has 0 bridgehead atoms. The van der Waals surface area contributed by atoms with Gasteiger partial charge in [-0.2, -0.15) is 13.8 Å². The number of pyridine rings is 1. The Kier molecular flexibility index (Phi) is 4.21. The standard InChI is InChI=1S/C17H13F2N7O/c18-16(19)27-12-4-2-11(3-5-12)23-17-24-15-14(21-7-8-26(15)25-17)10-1-6-13(20)22-9-10/h1-9,16H,(H2,20,22)(H,23,25). The van der Waals surface area contributed by atoms with Gasteiger partial charge in [0.25, 0.3) is 0 Å². The third-order valence-corrected chi connectivity index (χ3v) is 3.65. The second-order valence-corrected chi connectivity index (χ2v) is 5.48. The van der Waals surface area contributed by atoms with E-state index >= 15 is 0 Å². The van der Waals surface area contributed by atoms with Gasteiger partial charge in [-0.25, -0.2) is 9.50 Å². The summed E-state index contributed by atoms with van der Waals surface area (Å²) in [7, 11) is 0. The number of nitrogens with zero attached hydrogens (tertiary/aromatic N) is 5. The zero-order valence-corrected chi connectivity index (χ0v) is 13.8. The van der Waals surface area contributed by atoms with E-state index in [1.165, 1.54) is 12.1 Å². The molecule has 0 aliphatic carbocycles. The third kappa shape index (κ3) is 3.59. The fourth-order valence-corrected chi connectivity index (χ4v) is 2.47. The SMILES string of the molecule is Nc1ccc(-c2nccn3nc(Nc4ccc(OC(F)F)cc4)nc23)cn1. The van der Waals surface area contributed by atoms with Crippen molar-refractivity contribution in [1.29, 1.82) is 0 Å². The fraction of sp³-hybridized carbons (Fsp3) is 0.0588. The normalized spacial score (nSPS) is 11.1. The van der Waals surface area contributed by atoms with E-state index < -0.39 is 6.61 Å². The van der Waals surface area contributed by atoms with Gasteiger partial charge in [0.1, 0.15) is 17.3 Å². The summed E-state index contributed by atoms with van der Waals surface area (Å²) >= 11 is 0. The summed E-state index contributed by atoms with van der Waals surface area (Å²) in [5, 5.41) is 7.35. The van der Waals surface area contributed by atoms with Crippen LogP contribution in [0.1, 0.15) is 0 Å². The van der Waals surface area contributed by atoms with Crippen molar-refractivity contribution >= 4 is 23.1 Å². The molecule has 0 fully saturated rings. The number of aromatic nitrogens is 5. The minimum absolute atomic E-state index is 0.0702. The maximum atomic E-state index is 12.2. The molecule has 4 aromatic rings. The largest absolute Gasteiger partial charge is 0.435 e. The quantitative estimate of drug-likeness (QED) is 0.557. The summed E-state index contributed by atoms with van der Waals surface area (Å²) in [6.45, 7) is -2.86. The average Bonchev–Trinajstić information content (AvgIpc) is 3.06. The lowest BCUT2D eigenvalue weighted by molar-refractivity contribution is -0.0498. The van der Waals surface area contributed by atoms with E-state index in [0.29, 0.717) is 28.8 Å². The van der Waals surface area contributed by atoms with E-state index in [1.807, 2.05) is 0 Å². The molecule has 0 aliphatic rings. The Bertz CT molecular complexity index is 1070. The molecular formula is C17H13F2N7O. The first-order valence-corrected chi connectivity index (χ1v) is 7.84. The smallest absolute Gasteiger partial charge is 0.387 e. The zero-order chi connectivity index (χ0) is 18.8. The number of nitrogens with one attached hydrogen (secondary N) is 1. The summed E-state index contributed by atoms with van der Waals surface area (Å²) in [6.07, 6.45) is 4.89. The first-order valence-electron chi connectivity index (χ1n) is 7.84. The van der Waals surface area contributed by atoms with Crippen molar-refractivity contribution in [2.45, 2.75) is 6.61 Å². The molecule has 3 heterocycles. The molecule has 3 aromatic heterocycles. The summed E-state index contributed by atoms with van der Waals surface area (Å²) < 4.78 is 30.3. The molecule has 0 radical (unpaired) electrons. The second-order valence-electron chi connectivity index (χ2n) is 5.48. The van der Waals surface area contributed by atoms with Gasteiger partial charge in [0.15, 0.2) is 5.65 Å². The molecule has 0 saturated heterocycles. The topological polar surface area (TPSA) is 103 Å². The van der Waals surface area contributed by atoms with Crippen LogP contribution in [0.2, 0.25) is 0 Å². The van der Waals surface area contributed by atoms with Crippen molar-refractivity contribution in [3.63, 3.8) is 0 Å². The van der Waals surface area contributed by atoms with E-state index in [4.69, 9.17) is 5.73 Å². The highest BCUT2D eigenvalue weighted by atomic mass is 19.3. The van der Waals surface area contributed by atoms with Crippen molar-refractivity contribution in [3.8, 4) is 17.0 Å². The molecule has 8 nitrogen and oxygen atoms in total. The molecule has 1 aromatic carbocycles. The van der Waals surface area contributed by atoms with Crippen LogP contribution >= 0.6 is 0 Å². The van der Waals surface area contributed by atoms with Crippen molar-refractivity contribution in [2.24, 2.45) is 0 Å². The average molecular weight is 369 g/mol. The van der Waals surface area contributed by atoms with Crippen LogP contribution in [0, 0.1) is 0 Å². The Morgan fingerprint density at radius 1 is 1.07 bits per heavy atom. The maximum Gasteiger partial charge on any atom is 0.387 e. The number of benzene rings is 1. The molecule has 4 rings (SSSR count). The highest BCUT2D eigenvalue weighted by molar-refractivity contribution is 5.74. The van der Waals surface area contributed by atoms with E-state index in [-0.39, 0.29) is 5.75 Å². The van der Waals surface area contributed by atoms with Crippen LogP contribution < -0.4 is 15.8 Å². The molecule has 0 spiro atoms. The summed E-state index contributed by atoms with van der Waals surface area (Å²) in [6, 6.07) is 9.51. The third-order valence-electron chi connectivity index (χ3n) is 3.65. The van der Waals surface area contributed by atoms with Crippen molar-refractivity contribution in [2.75, 3.05) is 11.1 Å². The first kappa shape index (κ1) is 16.6. The number of halogens is 2. The predicted octanol–water partition coefficient (Wildman–Crippen LogP) is 3.11. The zero-order valence-electron chi connectivity index (χ0n) is 13.8. The summed E-state index contributed by atoms with van der Waals surface area (Å²) in [5.41, 5.74) is 8.13. The van der Waals surface area contributed by atoms with Gasteiger partial charge in [-0.3, -0.25) is 4.98 Å². The van der Waals surface area contributed by atoms with Crippen molar-refractivity contribution < 1.29 is 13.5 Å². The van der Waals surface area contributed by atoms with Gasteiger partial charge < -0.3 is 15.8 Å². The van der Waals surface area contributed by atoms with Crippen LogP contribution in [0.25, 0.3) is 16.9 Å². The Balaban J connectivity index is 1.62. The molecule has 27 heavy (non-hydrogen) atoms. The number of nitrogen functional groups attached to an aromatic ring is 1. The number of anilines is 3. The van der Waals surface area contributed by atoms with Crippen LogP contribution in [0.15, 0.2) is 55.0 Å². The van der Waals surface area contributed by atoms with Crippen LogP contribution in [0.3, 0.4) is 0 Å². The Labute approximate surface area is 151 Å². The minimum Gasteiger partial charge on any atom is -0.435 e. The fourth-order valence-electron chi connectivity index (χ4n) is 2.47. The van der Waals surface area contributed by atoms with Gasteiger partial charge in [-0.05, 0) is 36.4 Å². The van der Waals surface area contributed by atoms with E-state index in [0.717, 1.165) is 5.56 Å². The molecular weight excluding hydrogens is 356 g/mol. The highest BCUT2D eigenvalue weighted by Crippen LogP contribution is 2.24. The number of hydrogen-bond donors (Lipinski definition) is 2. The van der Waals surface area contributed by atoms with E-state index in [1.54, 1.807) is 47.4 Å². The Hall–Kier alpha value is -3.82.